The maximum atomic E-state index is 13.2. The van der Waals surface area contributed by atoms with Gasteiger partial charge in [0.15, 0.2) is 11.5 Å². The average molecular weight is 384 g/mol. The molecular formula is C23H16N2O4. The van der Waals surface area contributed by atoms with Gasteiger partial charge < -0.3 is 14.6 Å². The molecule has 0 aromatic heterocycles. The number of rotatable bonds is 3. The van der Waals surface area contributed by atoms with E-state index in [1.807, 2.05) is 48.5 Å². The van der Waals surface area contributed by atoms with Crippen molar-refractivity contribution in [1.82, 2.24) is 0 Å². The fourth-order valence-electron chi connectivity index (χ4n) is 3.30. The van der Waals surface area contributed by atoms with E-state index in [1.165, 1.54) is 0 Å². The predicted molar refractivity (Wildman–Crippen MR) is 109 cm³/mol. The summed E-state index contributed by atoms with van der Waals surface area (Å²) in [5.74, 6) is 1.76. The van der Waals surface area contributed by atoms with E-state index in [9.17, 15) is 9.90 Å². The standard InChI is InChI=1S/C23H16N2O4/c26-18-9-7-17(8-10-18)25-22(16-4-2-1-3-5-16)24-19(23(25)27)12-15-6-11-20-21(13-15)29-14-28-20/h1-13,26H,14H2. The lowest BCUT2D eigenvalue weighted by atomic mass is 10.1. The minimum absolute atomic E-state index is 0.134. The fourth-order valence-corrected chi connectivity index (χ4v) is 3.30. The van der Waals surface area contributed by atoms with Gasteiger partial charge in [-0.3, -0.25) is 9.69 Å². The maximum absolute atomic E-state index is 13.2. The Morgan fingerprint density at radius 2 is 1.69 bits per heavy atom. The van der Waals surface area contributed by atoms with Gasteiger partial charge in [-0.1, -0.05) is 36.4 Å². The molecule has 0 fully saturated rings. The zero-order valence-electron chi connectivity index (χ0n) is 15.3. The Labute approximate surface area is 167 Å². The zero-order chi connectivity index (χ0) is 19.8. The van der Waals surface area contributed by atoms with Gasteiger partial charge in [0, 0.05) is 5.56 Å². The van der Waals surface area contributed by atoms with Crippen molar-refractivity contribution < 1.29 is 19.4 Å². The second-order valence-corrected chi connectivity index (χ2v) is 6.60. The molecule has 1 amide bonds. The summed E-state index contributed by atoms with van der Waals surface area (Å²) in [6, 6.07) is 21.5. The number of carbonyl (C=O) groups is 1. The number of carbonyl (C=O) groups excluding carboxylic acids is 1. The Kier molecular flexibility index (Phi) is 4.02. The molecule has 6 nitrogen and oxygen atoms in total. The Morgan fingerprint density at radius 3 is 2.48 bits per heavy atom. The summed E-state index contributed by atoms with van der Waals surface area (Å²) >= 11 is 0. The summed E-state index contributed by atoms with van der Waals surface area (Å²) in [6.07, 6.45) is 1.73. The van der Waals surface area contributed by atoms with E-state index >= 15 is 0 Å². The number of nitrogens with zero attached hydrogens (tertiary/aromatic N) is 2. The van der Waals surface area contributed by atoms with Crippen molar-refractivity contribution in [3.63, 3.8) is 0 Å². The van der Waals surface area contributed by atoms with Crippen LogP contribution in [-0.2, 0) is 4.79 Å². The molecule has 29 heavy (non-hydrogen) atoms. The molecule has 5 rings (SSSR count). The molecule has 0 saturated heterocycles. The molecule has 6 heteroatoms. The highest BCUT2D eigenvalue weighted by Gasteiger charge is 2.32. The molecule has 2 heterocycles. The van der Waals surface area contributed by atoms with Crippen LogP contribution in [0.1, 0.15) is 11.1 Å². The lowest BCUT2D eigenvalue weighted by Crippen LogP contribution is -2.32. The summed E-state index contributed by atoms with van der Waals surface area (Å²) in [5.41, 5.74) is 2.56. The number of hydrogen-bond acceptors (Lipinski definition) is 5. The van der Waals surface area contributed by atoms with Crippen molar-refractivity contribution in [2.75, 3.05) is 11.7 Å². The van der Waals surface area contributed by atoms with Gasteiger partial charge in [-0.2, -0.15) is 0 Å². The molecule has 0 radical (unpaired) electrons. The second-order valence-electron chi connectivity index (χ2n) is 6.60. The minimum Gasteiger partial charge on any atom is -0.508 e. The monoisotopic (exact) mass is 384 g/mol. The molecule has 0 saturated carbocycles. The number of ether oxygens (including phenoxy) is 2. The first kappa shape index (κ1) is 17.1. The third-order valence-corrected chi connectivity index (χ3v) is 4.70. The number of benzene rings is 3. The number of phenols is 1. The van der Waals surface area contributed by atoms with Crippen LogP contribution in [0.5, 0.6) is 17.2 Å². The molecular weight excluding hydrogens is 368 g/mol. The first-order valence-electron chi connectivity index (χ1n) is 9.08. The molecule has 1 N–H and O–H groups in total. The van der Waals surface area contributed by atoms with E-state index < -0.39 is 0 Å². The summed E-state index contributed by atoms with van der Waals surface area (Å²) in [6.45, 7) is 0.194. The number of hydrogen-bond donors (Lipinski definition) is 1. The van der Waals surface area contributed by atoms with E-state index in [2.05, 4.69) is 4.99 Å². The molecule has 0 aliphatic carbocycles. The average Bonchev–Trinajstić information content (AvgIpc) is 3.34. The van der Waals surface area contributed by atoms with Crippen molar-refractivity contribution in [3.8, 4) is 17.2 Å². The van der Waals surface area contributed by atoms with Gasteiger partial charge in [0.2, 0.25) is 6.79 Å². The van der Waals surface area contributed by atoms with Crippen LogP contribution in [0.25, 0.3) is 6.08 Å². The van der Waals surface area contributed by atoms with Crippen LogP contribution < -0.4 is 14.4 Å². The number of amides is 1. The number of anilines is 1. The Morgan fingerprint density at radius 1 is 0.931 bits per heavy atom. The van der Waals surface area contributed by atoms with E-state index in [1.54, 1.807) is 35.2 Å². The number of amidine groups is 1. The predicted octanol–water partition coefficient (Wildman–Crippen LogP) is 3.96. The molecule has 142 valence electrons. The normalized spacial score (nSPS) is 16.4. The molecule has 2 aliphatic heterocycles. The van der Waals surface area contributed by atoms with Crippen LogP contribution in [-0.4, -0.2) is 23.6 Å². The third kappa shape index (κ3) is 3.10. The van der Waals surface area contributed by atoms with E-state index in [0.29, 0.717) is 28.7 Å². The summed E-state index contributed by atoms with van der Waals surface area (Å²) in [4.78, 5) is 19.4. The van der Waals surface area contributed by atoms with Gasteiger partial charge in [0.05, 0.1) is 5.69 Å². The van der Waals surface area contributed by atoms with Gasteiger partial charge in [-0.15, -0.1) is 0 Å². The number of phenolic OH excluding ortho intramolecular Hbond substituents is 1. The molecule has 3 aromatic carbocycles. The number of aromatic hydroxyl groups is 1. The largest absolute Gasteiger partial charge is 0.508 e. The molecule has 0 atom stereocenters. The summed E-state index contributed by atoms with van der Waals surface area (Å²) < 4.78 is 10.8. The Bertz CT molecular complexity index is 1150. The second kappa shape index (κ2) is 6.83. The van der Waals surface area contributed by atoms with Crippen LogP contribution in [0.2, 0.25) is 0 Å². The van der Waals surface area contributed by atoms with Gasteiger partial charge in [0.1, 0.15) is 17.3 Å². The maximum Gasteiger partial charge on any atom is 0.282 e. The quantitative estimate of drug-likeness (QED) is 0.694. The van der Waals surface area contributed by atoms with Crippen LogP contribution in [0.4, 0.5) is 5.69 Å². The summed E-state index contributed by atoms with van der Waals surface area (Å²) in [5, 5.41) is 9.60. The lowest BCUT2D eigenvalue weighted by molar-refractivity contribution is -0.113. The molecule has 3 aromatic rings. The molecule has 0 bridgehead atoms. The highest BCUT2D eigenvalue weighted by atomic mass is 16.7. The Balaban J connectivity index is 1.59. The van der Waals surface area contributed by atoms with Crippen LogP contribution in [0, 0.1) is 0 Å². The number of aliphatic imine (C=N–C) groups is 1. The van der Waals surface area contributed by atoms with Gasteiger partial charge in [0.25, 0.3) is 5.91 Å². The van der Waals surface area contributed by atoms with Crippen LogP contribution in [0.15, 0.2) is 83.5 Å². The van der Waals surface area contributed by atoms with Gasteiger partial charge in [-0.25, -0.2) is 4.99 Å². The van der Waals surface area contributed by atoms with Crippen LogP contribution >= 0.6 is 0 Å². The zero-order valence-corrected chi connectivity index (χ0v) is 15.3. The lowest BCUT2D eigenvalue weighted by Gasteiger charge is -2.18. The van der Waals surface area contributed by atoms with Gasteiger partial charge >= 0.3 is 0 Å². The van der Waals surface area contributed by atoms with Gasteiger partial charge in [-0.05, 0) is 48.0 Å². The summed E-state index contributed by atoms with van der Waals surface area (Å²) in [7, 11) is 0. The van der Waals surface area contributed by atoms with Crippen molar-refractivity contribution in [2.24, 2.45) is 4.99 Å². The Hall–Kier alpha value is -4.06. The highest BCUT2D eigenvalue weighted by Crippen LogP contribution is 2.34. The molecule has 2 aliphatic rings. The molecule has 0 unspecified atom stereocenters. The first-order chi connectivity index (χ1) is 14.2. The first-order valence-corrected chi connectivity index (χ1v) is 9.08. The van der Waals surface area contributed by atoms with Crippen LogP contribution in [0.3, 0.4) is 0 Å². The molecule has 0 spiro atoms. The van der Waals surface area contributed by atoms with E-state index in [-0.39, 0.29) is 18.4 Å². The van der Waals surface area contributed by atoms with Crippen molar-refractivity contribution in [2.45, 2.75) is 0 Å². The highest BCUT2D eigenvalue weighted by molar-refractivity contribution is 6.33. The third-order valence-electron chi connectivity index (χ3n) is 4.70. The topological polar surface area (TPSA) is 71.4 Å². The van der Waals surface area contributed by atoms with E-state index in [4.69, 9.17) is 9.47 Å². The smallest absolute Gasteiger partial charge is 0.282 e. The van der Waals surface area contributed by atoms with Crippen molar-refractivity contribution in [1.29, 1.82) is 0 Å². The fraction of sp³-hybridized carbons (Fsp3) is 0.0435. The SMILES string of the molecule is O=C1C(=Cc2ccc3c(c2)OCO3)N=C(c2ccccc2)N1c1ccc(O)cc1. The van der Waals surface area contributed by atoms with E-state index in [0.717, 1.165) is 11.1 Å². The van der Waals surface area contributed by atoms with Crippen molar-refractivity contribution >= 4 is 23.5 Å². The minimum atomic E-state index is -0.243. The number of fused-ring (bicyclic) bond motifs is 1. The van der Waals surface area contributed by atoms with Crippen molar-refractivity contribution in [3.05, 3.63) is 89.6 Å².